The quantitative estimate of drug-likeness (QED) is 0.306. The van der Waals surface area contributed by atoms with Gasteiger partial charge >= 0.3 is 5.97 Å². The molecule has 0 aliphatic heterocycles. The predicted molar refractivity (Wildman–Crippen MR) is 32.4 cm³/mol. The van der Waals surface area contributed by atoms with Crippen molar-refractivity contribution < 1.29 is 14.3 Å². The van der Waals surface area contributed by atoms with Gasteiger partial charge in [-0.25, -0.2) is 4.79 Å². The minimum Gasteiger partial charge on any atom is -0.549 e. The van der Waals surface area contributed by atoms with Crippen LogP contribution in [0.2, 0.25) is 0 Å². The number of carbonyl (C=O) groups is 1. The van der Waals surface area contributed by atoms with E-state index in [0.717, 1.165) is 0 Å². The summed E-state index contributed by atoms with van der Waals surface area (Å²) in [5, 5.41) is 8.20. The summed E-state index contributed by atoms with van der Waals surface area (Å²) in [5.41, 5.74) is 0. The van der Waals surface area contributed by atoms with Crippen LogP contribution >= 0.6 is 0 Å². The van der Waals surface area contributed by atoms with Crippen LogP contribution in [-0.2, 0) is 9.22 Å². The zero-order chi connectivity index (χ0) is 6.57. The fraction of sp³-hybridized carbons (Fsp3) is 0.250. The zero-order valence-corrected chi connectivity index (χ0v) is 6.84. The van der Waals surface area contributed by atoms with Gasteiger partial charge in [0.1, 0.15) is 0 Å². The molecule has 46 valence electrons. The Hall–Kier alpha value is -0.773. The van der Waals surface area contributed by atoms with Crippen LogP contribution in [0.3, 0.4) is 0 Å². The lowest BCUT2D eigenvalue weighted by Crippen LogP contribution is -2.01. The topological polar surface area (TPSA) is 46.5 Å². The van der Waals surface area contributed by atoms with Crippen molar-refractivity contribution in [3.63, 3.8) is 0 Å². The molecule has 0 amide bonds. The average Bonchev–Trinajstić information content (AvgIpc) is 1.69. The lowest BCUT2D eigenvalue weighted by atomic mass is 10.5. The van der Waals surface area contributed by atoms with E-state index in [1.54, 1.807) is 6.92 Å². The number of allylic oxidation sites excluding steroid dienone is 1. The zero-order valence-electron chi connectivity index (χ0n) is 4.84. The van der Waals surface area contributed by atoms with Crippen LogP contribution in [0, 0.1) is 0 Å². The van der Waals surface area contributed by atoms with Crippen molar-refractivity contribution in [1.29, 1.82) is 0 Å². The van der Waals surface area contributed by atoms with Gasteiger partial charge < -0.3 is 9.53 Å². The molecule has 0 aromatic heterocycles. The summed E-state index contributed by atoms with van der Waals surface area (Å²) >= 11 is 0. The monoisotopic (exact) mass is 132 g/mol. The standard InChI is InChI=1S/C4H8O3Si/c1-2-3(7-8)4(5)6/h2H,1,8H3,(H,5,6). The minimum atomic E-state index is -0.998. The molecule has 0 radical (unpaired) electrons. The summed E-state index contributed by atoms with van der Waals surface area (Å²) < 4.78 is 4.56. The molecule has 0 saturated heterocycles. The summed E-state index contributed by atoms with van der Waals surface area (Å²) in [5.74, 6) is -0.959. The second-order valence-electron chi connectivity index (χ2n) is 1.16. The highest BCUT2D eigenvalue weighted by molar-refractivity contribution is 6.02. The molecule has 0 rings (SSSR count). The molecule has 0 aliphatic carbocycles. The fourth-order valence-electron chi connectivity index (χ4n) is 0.329. The minimum absolute atomic E-state index is 0.0386. The highest BCUT2D eigenvalue weighted by Gasteiger charge is 2.01. The van der Waals surface area contributed by atoms with E-state index in [1.807, 2.05) is 0 Å². The molecule has 0 bridgehead atoms. The Morgan fingerprint density at radius 1 is 1.88 bits per heavy atom. The van der Waals surface area contributed by atoms with E-state index >= 15 is 0 Å². The first-order chi connectivity index (χ1) is 3.72. The third kappa shape index (κ3) is 1.79. The van der Waals surface area contributed by atoms with Gasteiger partial charge in [0.05, 0.1) is 0 Å². The second kappa shape index (κ2) is 3.26. The van der Waals surface area contributed by atoms with Gasteiger partial charge in [-0.1, -0.05) is 0 Å². The number of carboxylic acids is 1. The number of carboxylic acid groups (broad SMARTS) is 1. The summed E-state index contributed by atoms with van der Waals surface area (Å²) in [6.07, 6.45) is 1.43. The highest BCUT2D eigenvalue weighted by atomic mass is 28.2. The van der Waals surface area contributed by atoms with Crippen molar-refractivity contribution in [2.75, 3.05) is 0 Å². The summed E-state index contributed by atoms with van der Waals surface area (Å²) in [4.78, 5) is 9.99. The molecular weight excluding hydrogens is 124 g/mol. The van der Waals surface area contributed by atoms with Crippen molar-refractivity contribution in [3.05, 3.63) is 11.8 Å². The van der Waals surface area contributed by atoms with Crippen LogP contribution in [0.5, 0.6) is 0 Å². The molecule has 4 heteroatoms. The third-order valence-corrected chi connectivity index (χ3v) is 1.13. The van der Waals surface area contributed by atoms with Crippen LogP contribution in [0.15, 0.2) is 11.8 Å². The largest absolute Gasteiger partial charge is 0.549 e. The van der Waals surface area contributed by atoms with Gasteiger partial charge in [0.2, 0.25) is 10.5 Å². The van der Waals surface area contributed by atoms with Crippen LogP contribution in [-0.4, -0.2) is 21.6 Å². The van der Waals surface area contributed by atoms with E-state index in [4.69, 9.17) is 5.11 Å². The Bertz CT molecular complexity index is 118. The predicted octanol–water partition coefficient (Wildman–Crippen LogP) is -0.728. The maximum absolute atomic E-state index is 9.99. The lowest BCUT2D eigenvalue weighted by molar-refractivity contribution is -0.135. The molecule has 0 aliphatic rings. The normalized spacial score (nSPS) is 11.4. The van der Waals surface area contributed by atoms with E-state index in [2.05, 4.69) is 4.43 Å². The van der Waals surface area contributed by atoms with Gasteiger partial charge in [-0.05, 0) is 13.0 Å². The Labute approximate surface area is 50.5 Å². The molecule has 0 unspecified atom stereocenters. The Morgan fingerprint density at radius 2 is 2.38 bits per heavy atom. The summed E-state index contributed by atoms with van der Waals surface area (Å²) in [6.45, 7) is 1.63. The van der Waals surface area contributed by atoms with Gasteiger partial charge in [0.25, 0.3) is 0 Å². The number of aliphatic carboxylic acids is 1. The fourth-order valence-corrected chi connectivity index (χ4v) is 0.739. The van der Waals surface area contributed by atoms with Crippen LogP contribution in [0.4, 0.5) is 0 Å². The van der Waals surface area contributed by atoms with E-state index in [1.165, 1.54) is 6.08 Å². The first-order valence-corrected chi connectivity index (χ1v) is 2.97. The van der Waals surface area contributed by atoms with Crippen LogP contribution in [0.25, 0.3) is 0 Å². The number of rotatable bonds is 2. The third-order valence-electron chi connectivity index (χ3n) is 0.693. The van der Waals surface area contributed by atoms with E-state index in [0.29, 0.717) is 10.5 Å². The van der Waals surface area contributed by atoms with Gasteiger partial charge in [-0.3, -0.25) is 0 Å². The first-order valence-electron chi connectivity index (χ1n) is 2.16. The van der Waals surface area contributed by atoms with Gasteiger partial charge in [0.15, 0.2) is 5.76 Å². The smallest absolute Gasteiger partial charge is 0.369 e. The molecule has 0 atom stereocenters. The lowest BCUT2D eigenvalue weighted by Gasteiger charge is -1.96. The van der Waals surface area contributed by atoms with Gasteiger partial charge in [-0.2, -0.15) is 0 Å². The number of hydrogen-bond donors (Lipinski definition) is 1. The Morgan fingerprint density at radius 3 is 2.38 bits per heavy atom. The van der Waals surface area contributed by atoms with Crippen LogP contribution in [0.1, 0.15) is 6.92 Å². The maximum Gasteiger partial charge on any atom is 0.369 e. The number of hydrogen-bond acceptors (Lipinski definition) is 2. The molecule has 1 N–H and O–H groups in total. The van der Waals surface area contributed by atoms with Crippen molar-refractivity contribution >= 4 is 16.5 Å². The van der Waals surface area contributed by atoms with Crippen molar-refractivity contribution in [1.82, 2.24) is 0 Å². The molecular formula is C4H8O3Si. The molecule has 0 fully saturated rings. The molecule has 8 heavy (non-hydrogen) atoms. The van der Waals surface area contributed by atoms with E-state index in [-0.39, 0.29) is 5.76 Å². The van der Waals surface area contributed by atoms with E-state index in [9.17, 15) is 4.79 Å². The second-order valence-corrected chi connectivity index (χ2v) is 1.57. The first kappa shape index (κ1) is 7.23. The Kier molecular flexibility index (Phi) is 2.94. The maximum atomic E-state index is 9.99. The SMILES string of the molecule is CC=C(O[SiH3])C(=O)O. The van der Waals surface area contributed by atoms with Crippen LogP contribution < -0.4 is 0 Å². The highest BCUT2D eigenvalue weighted by Crippen LogP contribution is 1.91. The summed E-state index contributed by atoms with van der Waals surface area (Å²) in [6, 6.07) is 0. The molecule has 3 nitrogen and oxygen atoms in total. The molecule has 0 aromatic rings. The van der Waals surface area contributed by atoms with Crippen molar-refractivity contribution in [2.45, 2.75) is 6.92 Å². The van der Waals surface area contributed by atoms with Crippen molar-refractivity contribution in [3.8, 4) is 0 Å². The van der Waals surface area contributed by atoms with E-state index < -0.39 is 5.97 Å². The Balaban J connectivity index is 3.92. The molecule has 0 saturated carbocycles. The summed E-state index contributed by atoms with van der Waals surface area (Å²) in [7, 11) is 0.431. The molecule has 0 aromatic carbocycles. The van der Waals surface area contributed by atoms with Crippen molar-refractivity contribution in [2.24, 2.45) is 0 Å². The van der Waals surface area contributed by atoms with Gasteiger partial charge in [0, 0.05) is 0 Å². The van der Waals surface area contributed by atoms with Gasteiger partial charge in [-0.15, -0.1) is 0 Å². The molecule has 0 heterocycles. The average molecular weight is 132 g/mol. The molecule has 0 spiro atoms.